The van der Waals surface area contributed by atoms with E-state index in [-0.39, 0.29) is 0 Å². The van der Waals surface area contributed by atoms with Crippen LogP contribution in [0, 0.1) is 18.8 Å². The van der Waals surface area contributed by atoms with Crippen molar-refractivity contribution in [3.05, 3.63) is 89.2 Å². The van der Waals surface area contributed by atoms with Gasteiger partial charge in [0, 0.05) is 24.7 Å². The molecule has 1 aromatic heterocycles. The van der Waals surface area contributed by atoms with Crippen molar-refractivity contribution in [2.75, 3.05) is 13.1 Å². The molecule has 0 unspecified atom stereocenters. The van der Waals surface area contributed by atoms with Gasteiger partial charge in [0.1, 0.15) is 5.69 Å². The predicted molar refractivity (Wildman–Crippen MR) is 132 cm³/mol. The van der Waals surface area contributed by atoms with Crippen molar-refractivity contribution >= 4 is 0 Å². The summed E-state index contributed by atoms with van der Waals surface area (Å²) in [6, 6.07) is 21.7. The molecule has 2 nitrogen and oxygen atoms in total. The minimum atomic E-state index is 0.835. The third kappa shape index (κ3) is 7.09. The number of nitrogens with zero attached hydrogens (tertiary/aromatic N) is 2. The number of aryl methyl sites for hydroxylation is 2. The van der Waals surface area contributed by atoms with Crippen LogP contribution in [0.1, 0.15) is 55.5 Å². The van der Waals surface area contributed by atoms with Gasteiger partial charge in [-0.05, 0) is 68.0 Å². The summed E-state index contributed by atoms with van der Waals surface area (Å²) in [5.74, 6) is 6.46. The minimum absolute atomic E-state index is 0.835. The van der Waals surface area contributed by atoms with Gasteiger partial charge in [0.25, 0.3) is 0 Å². The van der Waals surface area contributed by atoms with Gasteiger partial charge < -0.3 is 0 Å². The van der Waals surface area contributed by atoms with Crippen LogP contribution in [0.3, 0.4) is 0 Å². The van der Waals surface area contributed by atoms with E-state index in [9.17, 15) is 0 Å². The Morgan fingerprint density at radius 3 is 2.10 bits per heavy atom. The lowest BCUT2D eigenvalue weighted by molar-refractivity contribution is 0.331. The molecule has 1 aliphatic heterocycles. The molecule has 1 aliphatic rings. The first-order valence-electron chi connectivity index (χ1n) is 11.6. The summed E-state index contributed by atoms with van der Waals surface area (Å²) in [5, 5.41) is 0. The van der Waals surface area contributed by atoms with Gasteiger partial charge in [0.05, 0.1) is 0 Å². The number of rotatable bonds is 5. The number of likely N-dealkylation sites (tertiary alicyclic amines) is 1. The lowest BCUT2D eigenvalue weighted by Gasteiger charge is -2.14. The largest absolute Gasteiger partial charge is 0.299 e. The topological polar surface area (TPSA) is 16.1 Å². The van der Waals surface area contributed by atoms with Gasteiger partial charge in [0.2, 0.25) is 0 Å². The third-order valence-corrected chi connectivity index (χ3v) is 5.53. The van der Waals surface area contributed by atoms with Gasteiger partial charge in [-0.3, -0.25) is 4.90 Å². The van der Waals surface area contributed by atoms with Crippen molar-refractivity contribution in [3.8, 4) is 23.0 Å². The highest BCUT2D eigenvalue weighted by molar-refractivity contribution is 5.63. The Kier molecular flexibility index (Phi) is 8.88. The molecule has 1 fully saturated rings. The van der Waals surface area contributed by atoms with E-state index in [1.165, 1.54) is 48.2 Å². The van der Waals surface area contributed by atoms with Gasteiger partial charge in [-0.25, -0.2) is 4.98 Å². The van der Waals surface area contributed by atoms with Crippen LogP contribution < -0.4 is 0 Å². The Labute approximate surface area is 188 Å². The molecule has 31 heavy (non-hydrogen) atoms. The van der Waals surface area contributed by atoms with Crippen LogP contribution in [0.4, 0.5) is 0 Å². The monoisotopic (exact) mass is 410 g/mol. The zero-order valence-electron chi connectivity index (χ0n) is 19.2. The standard InChI is InChI=1S/C27H28N2.C2H6/c1-22-8-14-25(15-9-22)26-16-17-27(28-20-26)7-3-2-6-23-10-12-24(13-11-23)21-29-18-4-5-19-29;1-2/h8-17,20H,2,4-6,18-19,21H2,1H3;1-2H3. The van der Waals surface area contributed by atoms with Crippen molar-refractivity contribution in [3.63, 3.8) is 0 Å². The fourth-order valence-electron chi connectivity index (χ4n) is 3.75. The highest BCUT2D eigenvalue weighted by atomic mass is 15.1. The van der Waals surface area contributed by atoms with Gasteiger partial charge in [-0.15, -0.1) is 0 Å². The Balaban J connectivity index is 0.00000132. The molecule has 0 bridgehead atoms. The molecule has 0 spiro atoms. The fraction of sp³-hybridized carbons (Fsp3) is 0.345. The normalized spacial score (nSPS) is 13.1. The van der Waals surface area contributed by atoms with E-state index in [1.807, 2.05) is 26.1 Å². The second kappa shape index (κ2) is 12.1. The summed E-state index contributed by atoms with van der Waals surface area (Å²) < 4.78 is 0. The molecule has 2 heteroatoms. The highest BCUT2D eigenvalue weighted by Gasteiger charge is 2.11. The van der Waals surface area contributed by atoms with E-state index in [0.29, 0.717) is 0 Å². The van der Waals surface area contributed by atoms with Crippen LogP contribution in [-0.2, 0) is 13.0 Å². The molecular formula is C29H34N2. The van der Waals surface area contributed by atoms with E-state index in [1.54, 1.807) is 0 Å². The molecule has 0 radical (unpaired) electrons. The molecule has 0 aliphatic carbocycles. The maximum atomic E-state index is 4.50. The first-order chi connectivity index (χ1) is 15.3. The van der Waals surface area contributed by atoms with E-state index >= 15 is 0 Å². The van der Waals surface area contributed by atoms with Gasteiger partial charge in [-0.2, -0.15) is 0 Å². The Bertz CT molecular complexity index is 968. The van der Waals surface area contributed by atoms with E-state index < -0.39 is 0 Å². The van der Waals surface area contributed by atoms with Crippen LogP contribution in [-0.4, -0.2) is 23.0 Å². The van der Waals surface area contributed by atoms with Crippen molar-refractivity contribution < 1.29 is 0 Å². The lowest BCUT2D eigenvalue weighted by Crippen LogP contribution is -2.18. The average molecular weight is 411 g/mol. The van der Waals surface area contributed by atoms with Crippen LogP contribution in [0.5, 0.6) is 0 Å². The van der Waals surface area contributed by atoms with Crippen molar-refractivity contribution in [1.29, 1.82) is 0 Å². The second-order valence-electron chi connectivity index (χ2n) is 7.90. The number of aromatic nitrogens is 1. The van der Waals surface area contributed by atoms with Crippen molar-refractivity contribution in [2.24, 2.45) is 0 Å². The lowest BCUT2D eigenvalue weighted by atomic mass is 10.1. The predicted octanol–water partition coefficient (Wildman–Crippen LogP) is 6.66. The smallest absolute Gasteiger partial charge is 0.113 e. The first kappa shape index (κ1) is 22.8. The maximum absolute atomic E-state index is 4.50. The zero-order chi connectivity index (χ0) is 21.9. The van der Waals surface area contributed by atoms with Crippen LogP contribution in [0.15, 0.2) is 66.9 Å². The molecule has 0 atom stereocenters. The molecule has 2 heterocycles. The fourth-order valence-corrected chi connectivity index (χ4v) is 3.75. The third-order valence-electron chi connectivity index (χ3n) is 5.53. The Morgan fingerprint density at radius 2 is 1.45 bits per heavy atom. The molecule has 3 aromatic rings. The minimum Gasteiger partial charge on any atom is -0.299 e. The summed E-state index contributed by atoms with van der Waals surface area (Å²) in [5.41, 5.74) is 7.19. The van der Waals surface area contributed by atoms with Gasteiger partial charge in [0.15, 0.2) is 0 Å². The summed E-state index contributed by atoms with van der Waals surface area (Å²) in [4.78, 5) is 7.04. The molecular weight excluding hydrogens is 376 g/mol. The SMILES string of the molecule is CC.Cc1ccc(-c2ccc(C#CCCc3ccc(CN4CCCC4)cc3)nc2)cc1. The summed E-state index contributed by atoms with van der Waals surface area (Å²) in [6.07, 6.45) is 6.44. The molecule has 0 saturated carbocycles. The number of pyridine rings is 1. The van der Waals surface area contributed by atoms with E-state index in [4.69, 9.17) is 0 Å². The van der Waals surface area contributed by atoms with E-state index in [0.717, 1.165) is 30.6 Å². The highest BCUT2D eigenvalue weighted by Crippen LogP contribution is 2.19. The molecule has 4 rings (SSSR count). The molecule has 0 N–H and O–H groups in total. The number of hydrogen-bond donors (Lipinski definition) is 0. The van der Waals surface area contributed by atoms with Crippen LogP contribution >= 0.6 is 0 Å². The molecule has 1 saturated heterocycles. The van der Waals surface area contributed by atoms with Gasteiger partial charge in [-0.1, -0.05) is 79.9 Å². The average Bonchev–Trinajstić information content (AvgIpc) is 3.33. The summed E-state index contributed by atoms with van der Waals surface area (Å²) in [7, 11) is 0. The van der Waals surface area contributed by atoms with E-state index in [2.05, 4.69) is 83.2 Å². The second-order valence-corrected chi connectivity index (χ2v) is 7.90. The zero-order valence-corrected chi connectivity index (χ0v) is 19.2. The maximum Gasteiger partial charge on any atom is 0.113 e. The Hall–Kier alpha value is -2.89. The van der Waals surface area contributed by atoms with Crippen LogP contribution in [0.25, 0.3) is 11.1 Å². The summed E-state index contributed by atoms with van der Waals surface area (Å²) in [6.45, 7) is 9.68. The first-order valence-corrected chi connectivity index (χ1v) is 11.6. The van der Waals surface area contributed by atoms with Gasteiger partial charge >= 0.3 is 0 Å². The molecule has 0 amide bonds. The Morgan fingerprint density at radius 1 is 0.806 bits per heavy atom. The van der Waals surface area contributed by atoms with Crippen LogP contribution in [0.2, 0.25) is 0 Å². The van der Waals surface area contributed by atoms with Crippen molar-refractivity contribution in [1.82, 2.24) is 9.88 Å². The number of benzene rings is 2. The molecule has 2 aromatic carbocycles. The number of hydrogen-bond acceptors (Lipinski definition) is 2. The quantitative estimate of drug-likeness (QED) is 0.437. The molecule has 160 valence electrons. The summed E-state index contributed by atoms with van der Waals surface area (Å²) >= 11 is 0. The van der Waals surface area contributed by atoms with Crippen molar-refractivity contribution in [2.45, 2.75) is 53.0 Å².